The van der Waals surface area contributed by atoms with E-state index in [-0.39, 0.29) is 23.8 Å². The van der Waals surface area contributed by atoms with Gasteiger partial charge in [-0.2, -0.15) is 5.10 Å². The summed E-state index contributed by atoms with van der Waals surface area (Å²) in [6.45, 7) is 3.27. The Balaban J connectivity index is 2.00. The minimum absolute atomic E-state index is 0.156. The van der Waals surface area contributed by atoms with Crippen LogP contribution in [-0.4, -0.2) is 33.0 Å². The highest BCUT2D eigenvalue weighted by molar-refractivity contribution is 5.87. The lowest BCUT2D eigenvalue weighted by Gasteiger charge is -2.24. The van der Waals surface area contributed by atoms with Crippen LogP contribution in [0.2, 0.25) is 0 Å². The lowest BCUT2D eigenvalue weighted by Crippen LogP contribution is -2.50. The Morgan fingerprint density at radius 2 is 2.05 bits per heavy atom. The standard InChI is InChI=1S/C13H21N5O2/c1-8(12-14-7-15-18-12)16-13(20)11(17-9(2)19)10-5-3-4-6-10/h7-8,10-11H,3-6H2,1-2H3,(H,16,20)(H,17,19)(H,14,15,18). The van der Waals surface area contributed by atoms with Crippen molar-refractivity contribution < 1.29 is 9.59 Å². The van der Waals surface area contributed by atoms with Crippen molar-refractivity contribution in [2.45, 2.75) is 51.6 Å². The van der Waals surface area contributed by atoms with Gasteiger partial charge in [0.2, 0.25) is 11.8 Å². The zero-order valence-corrected chi connectivity index (χ0v) is 11.8. The third-order valence-corrected chi connectivity index (χ3v) is 3.72. The molecule has 1 saturated carbocycles. The van der Waals surface area contributed by atoms with Crippen molar-refractivity contribution in [2.24, 2.45) is 5.92 Å². The van der Waals surface area contributed by atoms with E-state index in [4.69, 9.17) is 0 Å². The van der Waals surface area contributed by atoms with Crippen molar-refractivity contribution in [3.05, 3.63) is 12.2 Å². The maximum absolute atomic E-state index is 12.4. The van der Waals surface area contributed by atoms with Gasteiger partial charge in [0.1, 0.15) is 18.2 Å². The molecule has 1 fully saturated rings. The van der Waals surface area contributed by atoms with Crippen LogP contribution >= 0.6 is 0 Å². The minimum Gasteiger partial charge on any atom is -0.345 e. The predicted molar refractivity (Wildman–Crippen MR) is 72.5 cm³/mol. The van der Waals surface area contributed by atoms with Crippen LogP contribution in [0.15, 0.2) is 6.33 Å². The number of aromatic amines is 1. The van der Waals surface area contributed by atoms with Crippen LogP contribution in [0.25, 0.3) is 0 Å². The van der Waals surface area contributed by atoms with Crippen LogP contribution in [0, 0.1) is 5.92 Å². The second-order valence-electron chi connectivity index (χ2n) is 5.32. The number of hydrogen-bond acceptors (Lipinski definition) is 4. The number of carbonyl (C=O) groups excluding carboxylic acids is 2. The maximum Gasteiger partial charge on any atom is 0.243 e. The number of hydrogen-bond donors (Lipinski definition) is 3. The van der Waals surface area contributed by atoms with E-state index in [1.165, 1.54) is 13.3 Å². The molecule has 7 nitrogen and oxygen atoms in total. The molecular weight excluding hydrogens is 258 g/mol. The van der Waals surface area contributed by atoms with Gasteiger partial charge in [-0.1, -0.05) is 12.8 Å². The lowest BCUT2D eigenvalue weighted by atomic mass is 9.97. The van der Waals surface area contributed by atoms with E-state index < -0.39 is 6.04 Å². The number of amides is 2. The van der Waals surface area contributed by atoms with Crippen LogP contribution in [0.4, 0.5) is 0 Å². The molecule has 2 rings (SSSR count). The average molecular weight is 279 g/mol. The monoisotopic (exact) mass is 279 g/mol. The van der Waals surface area contributed by atoms with Crippen LogP contribution in [-0.2, 0) is 9.59 Å². The first-order chi connectivity index (χ1) is 9.58. The third kappa shape index (κ3) is 3.55. The number of nitrogens with zero attached hydrogens (tertiary/aromatic N) is 2. The molecule has 3 N–H and O–H groups in total. The Morgan fingerprint density at radius 3 is 2.60 bits per heavy atom. The highest BCUT2D eigenvalue weighted by atomic mass is 16.2. The van der Waals surface area contributed by atoms with Crippen LogP contribution in [0.1, 0.15) is 51.4 Å². The zero-order chi connectivity index (χ0) is 14.5. The van der Waals surface area contributed by atoms with Gasteiger partial charge >= 0.3 is 0 Å². The summed E-state index contributed by atoms with van der Waals surface area (Å²) < 4.78 is 0. The summed E-state index contributed by atoms with van der Waals surface area (Å²) in [6, 6.07) is -0.719. The van der Waals surface area contributed by atoms with Gasteiger partial charge in [-0.15, -0.1) is 0 Å². The van der Waals surface area contributed by atoms with Crippen molar-refractivity contribution >= 4 is 11.8 Å². The van der Waals surface area contributed by atoms with Crippen molar-refractivity contribution in [1.29, 1.82) is 0 Å². The molecule has 7 heteroatoms. The summed E-state index contributed by atoms with van der Waals surface area (Å²) in [5, 5.41) is 12.1. The molecule has 0 radical (unpaired) electrons. The van der Waals surface area contributed by atoms with Gasteiger partial charge in [-0.25, -0.2) is 4.98 Å². The first kappa shape index (κ1) is 14.5. The molecule has 1 aromatic rings. The van der Waals surface area contributed by atoms with E-state index in [9.17, 15) is 9.59 Å². The molecule has 1 aromatic heterocycles. The van der Waals surface area contributed by atoms with Crippen molar-refractivity contribution in [2.75, 3.05) is 0 Å². The first-order valence-electron chi connectivity index (χ1n) is 7.00. The molecule has 0 saturated heterocycles. The number of aromatic nitrogens is 3. The highest BCUT2D eigenvalue weighted by Gasteiger charge is 2.32. The summed E-state index contributed by atoms with van der Waals surface area (Å²) in [6.07, 6.45) is 5.60. The first-order valence-corrected chi connectivity index (χ1v) is 7.00. The molecule has 0 spiro atoms. The highest BCUT2D eigenvalue weighted by Crippen LogP contribution is 2.28. The summed E-state index contributed by atoms with van der Waals surface area (Å²) in [4.78, 5) is 27.7. The smallest absolute Gasteiger partial charge is 0.243 e. The molecule has 1 aliphatic rings. The summed E-state index contributed by atoms with van der Waals surface area (Å²) in [5.74, 6) is 0.493. The molecule has 0 bridgehead atoms. The van der Waals surface area contributed by atoms with Crippen molar-refractivity contribution in [3.63, 3.8) is 0 Å². The molecule has 0 aliphatic heterocycles. The fraction of sp³-hybridized carbons (Fsp3) is 0.692. The van der Waals surface area contributed by atoms with Gasteiger partial charge in [0, 0.05) is 6.92 Å². The molecule has 110 valence electrons. The van der Waals surface area contributed by atoms with E-state index in [2.05, 4.69) is 25.8 Å². The lowest BCUT2D eigenvalue weighted by molar-refractivity contribution is -0.129. The molecule has 2 atom stereocenters. The molecule has 1 aliphatic carbocycles. The second kappa shape index (κ2) is 6.49. The summed E-state index contributed by atoms with van der Waals surface area (Å²) >= 11 is 0. The van der Waals surface area contributed by atoms with Crippen LogP contribution in [0.3, 0.4) is 0 Å². The van der Waals surface area contributed by atoms with E-state index in [1.807, 2.05) is 6.92 Å². The number of rotatable bonds is 5. The number of H-pyrrole nitrogens is 1. The number of carbonyl (C=O) groups is 2. The predicted octanol–water partition coefficient (Wildman–Crippen LogP) is 0.677. The van der Waals surface area contributed by atoms with Gasteiger partial charge in [-0.05, 0) is 25.7 Å². The van der Waals surface area contributed by atoms with E-state index in [0.29, 0.717) is 5.82 Å². The normalized spacial score (nSPS) is 18.5. The molecular formula is C13H21N5O2. The Bertz CT molecular complexity index is 453. The van der Waals surface area contributed by atoms with E-state index in [1.54, 1.807) is 0 Å². The van der Waals surface area contributed by atoms with Gasteiger partial charge in [0.25, 0.3) is 0 Å². The fourth-order valence-corrected chi connectivity index (χ4v) is 2.70. The minimum atomic E-state index is -0.458. The van der Waals surface area contributed by atoms with Gasteiger partial charge in [0.15, 0.2) is 0 Å². The van der Waals surface area contributed by atoms with E-state index in [0.717, 1.165) is 25.7 Å². The Morgan fingerprint density at radius 1 is 1.35 bits per heavy atom. The van der Waals surface area contributed by atoms with Gasteiger partial charge in [-0.3, -0.25) is 14.7 Å². The van der Waals surface area contributed by atoms with Crippen LogP contribution < -0.4 is 10.6 Å². The third-order valence-electron chi connectivity index (χ3n) is 3.72. The molecule has 2 unspecified atom stereocenters. The van der Waals surface area contributed by atoms with Gasteiger partial charge < -0.3 is 10.6 Å². The number of nitrogens with one attached hydrogen (secondary N) is 3. The van der Waals surface area contributed by atoms with Crippen molar-refractivity contribution in [1.82, 2.24) is 25.8 Å². The summed E-state index contributed by atoms with van der Waals surface area (Å²) in [5.41, 5.74) is 0. The van der Waals surface area contributed by atoms with Crippen LogP contribution in [0.5, 0.6) is 0 Å². The van der Waals surface area contributed by atoms with Gasteiger partial charge in [0.05, 0.1) is 6.04 Å². The summed E-state index contributed by atoms with van der Waals surface area (Å²) in [7, 11) is 0. The largest absolute Gasteiger partial charge is 0.345 e. The molecule has 1 heterocycles. The zero-order valence-electron chi connectivity index (χ0n) is 11.8. The molecule has 2 amide bonds. The SMILES string of the molecule is CC(=O)NC(C(=O)NC(C)c1ncn[nH]1)C1CCCC1. The fourth-order valence-electron chi connectivity index (χ4n) is 2.70. The Labute approximate surface area is 117 Å². The average Bonchev–Trinajstić information content (AvgIpc) is 3.08. The quantitative estimate of drug-likeness (QED) is 0.737. The Hall–Kier alpha value is -1.92. The topological polar surface area (TPSA) is 99.8 Å². The Kier molecular flexibility index (Phi) is 4.70. The maximum atomic E-state index is 12.4. The molecule has 20 heavy (non-hydrogen) atoms. The second-order valence-corrected chi connectivity index (χ2v) is 5.32. The molecule has 0 aromatic carbocycles. The van der Waals surface area contributed by atoms with Crippen molar-refractivity contribution in [3.8, 4) is 0 Å². The van der Waals surface area contributed by atoms with E-state index >= 15 is 0 Å².